The SMILES string of the molecule is CCCCOC(=O)c1cccc(-c2nc(C(=O)N[C@@H](CO)C(=O)N[C@@H](CO)C(=O)OC)cs2)c1. The van der Waals surface area contributed by atoms with Gasteiger partial charge < -0.3 is 30.3 Å². The molecule has 184 valence electrons. The van der Waals surface area contributed by atoms with Crippen molar-refractivity contribution in [3.05, 3.63) is 40.9 Å². The van der Waals surface area contributed by atoms with Gasteiger partial charge in [0.1, 0.15) is 16.7 Å². The molecule has 0 radical (unpaired) electrons. The van der Waals surface area contributed by atoms with Crippen LogP contribution in [0.5, 0.6) is 0 Å². The third-order valence-electron chi connectivity index (χ3n) is 4.60. The second-order valence-corrected chi connectivity index (χ2v) is 7.94. The van der Waals surface area contributed by atoms with Crippen molar-refractivity contribution >= 4 is 35.1 Å². The van der Waals surface area contributed by atoms with Crippen LogP contribution in [-0.4, -0.2) is 78.0 Å². The minimum atomic E-state index is -1.39. The first kappa shape index (κ1) is 26.9. The van der Waals surface area contributed by atoms with Gasteiger partial charge >= 0.3 is 11.9 Å². The van der Waals surface area contributed by atoms with E-state index in [4.69, 9.17) is 4.74 Å². The average Bonchev–Trinajstić information content (AvgIpc) is 3.35. The van der Waals surface area contributed by atoms with Gasteiger partial charge in [-0.1, -0.05) is 25.5 Å². The zero-order valence-corrected chi connectivity index (χ0v) is 19.6. The zero-order chi connectivity index (χ0) is 25.1. The normalized spacial score (nSPS) is 12.4. The molecule has 1 aromatic carbocycles. The van der Waals surface area contributed by atoms with Crippen LogP contribution in [0.3, 0.4) is 0 Å². The number of esters is 2. The Balaban J connectivity index is 2.07. The van der Waals surface area contributed by atoms with E-state index >= 15 is 0 Å². The molecule has 0 unspecified atom stereocenters. The summed E-state index contributed by atoms with van der Waals surface area (Å²) in [5, 5.41) is 25.2. The van der Waals surface area contributed by atoms with E-state index in [1.54, 1.807) is 24.3 Å². The molecular formula is C22H27N3O8S. The molecule has 0 aliphatic rings. The molecule has 0 aliphatic carbocycles. The molecule has 4 N–H and O–H groups in total. The maximum Gasteiger partial charge on any atom is 0.338 e. The number of aliphatic hydroxyl groups is 2. The third-order valence-corrected chi connectivity index (χ3v) is 5.49. The molecule has 2 amide bonds. The molecule has 0 fully saturated rings. The number of amides is 2. The minimum Gasteiger partial charge on any atom is -0.467 e. The summed E-state index contributed by atoms with van der Waals surface area (Å²) < 4.78 is 9.67. The largest absolute Gasteiger partial charge is 0.467 e. The smallest absolute Gasteiger partial charge is 0.338 e. The summed E-state index contributed by atoms with van der Waals surface area (Å²) in [5.41, 5.74) is 0.957. The number of methoxy groups -OCH3 is 1. The lowest BCUT2D eigenvalue weighted by Crippen LogP contribution is -2.54. The van der Waals surface area contributed by atoms with Crippen molar-refractivity contribution in [3.8, 4) is 10.6 Å². The van der Waals surface area contributed by atoms with Crippen LogP contribution in [-0.2, 0) is 19.1 Å². The summed E-state index contributed by atoms with van der Waals surface area (Å²) in [6, 6.07) is 3.92. The minimum absolute atomic E-state index is 0.00569. The number of aromatic nitrogens is 1. The zero-order valence-electron chi connectivity index (χ0n) is 18.8. The molecule has 0 spiro atoms. The number of rotatable bonds is 12. The molecule has 0 aliphatic heterocycles. The van der Waals surface area contributed by atoms with Gasteiger partial charge in [-0.05, 0) is 18.6 Å². The van der Waals surface area contributed by atoms with Crippen LogP contribution in [0.15, 0.2) is 29.6 Å². The van der Waals surface area contributed by atoms with Gasteiger partial charge in [-0.2, -0.15) is 0 Å². The lowest BCUT2D eigenvalue weighted by Gasteiger charge is -2.19. The van der Waals surface area contributed by atoms with Crippen molar-refractivity contribution in [1.29, 1.82) is 0 Å². The molecule has 11 nitrogen and oxygen atoms in total. The monoisotopic (exact) mass is 493 g/mol. The van der Waals surface area contributed by atoms with E-state index in [1.807, 2.05) is 6.92 Å². The van der Waals surface area contributed by atoms with Crippen molar-refractivity contribution in [1.82, 2.24) is 15.6 Å². The van der Waals surface area contributed by atoms with E-state index in [-0.39, 0.29) is 5.69 Å². The van der Waals surface area contributed by atoms with Crippen LogP contribution in [0.2, 0.25) is 0 Å². The third kappa shape index (κ3) is 7.33. The molecule has 1 heterocycles. The van der Waals surface area contributed by atoms with Crippen molar-refractivity contribution in [2.24, 2.45) is 0 Å². The van der Waals surface area contributed by atoms with E-state index in [1.165, 1.54) is 5.38 Å². The summed E-state index contributed by atoms with van der Waals surface area (Å²) in [6.07, 6.45) is 1.68. The first-order valence-corrected chi connectivity index (χ1v) is 11.4. The van der Waals surface area contributed by atoms with E-state index in [2.05, 4.69) is 20.4 Å². The Morgan fingerprint density at radius 2 is 1.85 bits per heavy atom. The number of aliphatic hydroxyl groups excluding tert-OH is 2. The highest BCUT2D eigenvalue weighted by Gasteiger charge is 2.27. The van der Waals surface area contributed by atoms with Crippen molar-refractivity contribution in [2.75, 3.05) is 26.9 Å². The number of ether oxygens (including phenoxy) is 2. The summed E-state index contributed by atoms with van der Waals surface area (Å²) in [4.78, 5) is 52.8. The van der Waals surface area contributed by atoms with Gasteiger partial charge in [-0.25, -0.2) is 14.6 Å². The fourth-order valence-electron chi connectivity index (χ4n) is 2.70. The molecule has 12 heteroatoms. The van der Waals surface area contributed by atoms with Gasteiger partial charge in [0.25, 0.3) is 5.91 Å². The van der Waals surface area contributed by atoms with Gasteiger partial charge in [0.2, 0.25) is 5.91 Å². The maximum atomic E-state index is 12.6. The number of unbranched alkanes of at least 4 members (excludes halogenated alkanes) is 1. The molecule has 2 aromatic rings. The highest BCUT2D eigenvalue weighted by atomic mass is 32.1. The Hall–Kier alpha value is -3.35. The Kier molecular flexibility index (Phi) is 10.6. The molecule has 34 heavy (non-hydrogen) atoms. The quantitative estimate of drug-likeness (QED) is 0.243. The predicted molar refractivity (Wildman–Crippen MR) is 122 cm³/mol. The Morgan fingerprint density at radius 3 is 2.50 bits per heavy atom. The number of thiazole rings is 1. The Bertz CT molecular complexity index is 1010. The average molecular weight is 494 g/mol. The first-order valence-electron chi connectivity index (χ1n) is 10.5. The number of benzene rings is 1. The number of hydrogen-bond donors (Lipinski definition) is 4. The van der Waals surface area contributed by atoms with Crippen LogP contribution in [0.4, 0.5) is 0 Å². The number of carbonyl (C=O) groups excluding carboxylic acids is 4. The molecular weight excluding hydrogens is 466 g/mol. The van der Waals surface area contributed by atoms with E-state index in [0.29, 0.717) is 22.7 Å². The fourth-order valence-corrected chi connectivity index (χ4v) is 3.50. The highest BCUT2D eigenvalue weighted by molar-refractivity contribution is 7.13. The van der Waals surface area contributed by atoms with Crippen LogP contribution in [0.1, 0.15) is 40.6 Å². The fraction of sp³-hybridized carbons (Fsp3) is 0.409. The molecule has 2 atom stereocenters. The van der Waals surface area contributed by atoms with Crippen molar-refractivity contribution < 1.29 is 38.9 Å². The lowest BCUT2D eigenvalue weighted by molar-refractivity contribution is -0.146. The number of hydrogen-bond acceptors (Lipinski definition) is 10. The van der Waals surface area contributed by atoms with Crippen LogP contribution in [0.25, 0.3) is 10.6 Å². The second-order valence-electron chi connectivity index (χ2n) is 7.08. The van der Waals surface area contributed by atoms with Gasteiger partial charge in [0.15, 0.2) is 6.04 Å². The van der Waals surface area contributed by atoms with Crippen LogP contribution < -0.4 is 10.6 Å². The predicted octanol–water partition coefficient (Wildman–Crippen LogP) is 0.508. The molecule has 2 rings (SSSR count). The van der Waals surface area contributed by atoms with Gasteiger partial charge in [-0.3, -0.25) is 9.59 Å². The molecule has 0 saturated carbocycles. The summed E-state index contributed by atoms with van der Waals surface area (Å²) in [5.74, 6) is -2.94. The van der Waals surface area contributed by atoms with Gasteiger partial charge in [-0.15, -0.1) is 11.3 Å². The molecule has 1 aromatic heterocycles. The lowest BCUT2D eigenvalue weighted by atomic mass is 10.1. The number of nitrogens with one attached hydrogen (secondary N) is 2. The Labute approximate surface area is 200 Å². The van der Waals surface area contributed by atoms with E-state index in [9.17, 15) is 29.4 Å². The standard InChI is InChI=1S/C22H27N3O8S/c1-3-4-8-33-21(30)14-7-5-6-13(9-14)20-25-17(12-34-20)19(29)23-15(10-26)18(28)24-16(11-27)22(31)32-2/h5-7,9,12,15-16,26-27H,3-4,8,10-11H2,1-2H3,(H,23,29)(H,24,28)/t15-,16-/m0/s1. The number of nitrogens with zero attached hydrogens (tertiary/aromatic N) is 1. The van der Waals surface area contributed by atoms with Gasteiger partial charge in [0, 0.05) is 10.9 Å². The second kappa shape index (κ2) is 13.4. The van der Waals surface area contributed by atoms with Crippen molar-refractivity contribution in [3.63, 3.8) is 0 Å². The van der Waals surface area contributed by atoms with Crippen LogP contribution in [0, 0.1) is 0 Å². The highest BCUT2D eigenvalue weighted by Crippen LogP contribution is 2.25. The van der Waals surface area contributed by atoms with Crippen LogP contribution >= 0.6 is 11.3 Å². The van der Waals surface area contributed by atoms with E-state index in [0.717, 1.165) is 31.3 Å². The summed E-state index contributed by atoms with van der Waals surface area (Å²) in [7, 11) is 1.09. The Morgan fingerprint density at radius 1 is 1.12 bits per heavy atom. The molecule has 0 bridgehead atoms. The molecule has 0 saturated heterocycles. The van der Waals surface area contributed by atoms with Gasteiger partial charge in [0.05, 0.1) is 32.5 Å². The summed E-state index contributed by atoms with van der Waals surface area (Å²) in [6.45, 7) is 0.856. The number of carbonyl (C=O) groups is 4. The van der Waals surface area contributed by atoms with E-state index < -0.39 is 49.1 Å². The topological polar surface area (TPSA) is 164 Å². The maximum absolute atomic E-state index is 12.6. The van der Waals surface area contributed by atoms with Crippen molar-refractivity contribution in [2.45, 2.75) is 31.8 Å². The first-order chi connectivity index (χ1) is 16.3. The summed E-state index contributed by atoms with van der Waals surface area (Å²) >= 11 is 1.16.